The van der Waals surface area contributed by atoms with Crippen molar-refractivity contribution in [2.24, 2.45) is 4.99 Å². The number of halogens is 2. The number of aliphatic hydroxyl groups excluding tert-OH is 1. The third-order valence-electron chi connectivity index (χ3n) is 4.82. The molecule has 2 aromatic rings. The number of carboxylic acids is 1. The van der Waals surface area contributed by atoms with Crippen molar-refractivity contribution in [2.75, 3.05) is 25.0 Å². The van der Waals surface area contributed by atoms with Crippen molar-refractivity contribution < 1.29 is 29.7 Å². The molecule has 186 valence electrons. The predicted octanol–water partition coefficient (Wildman–Crippen LogP) is 1.60. The van der Waals surface area contributed by atoms with Crippen molar-refractivity contribution in [3.05, 3.63) is 57.0 Å². The van der Waals surface area contributed by atoms with Crippen molar-refractivity contribution in [2.45, 2.75) is 18.6 Å². The third-order valence-corrected chi connectivity index (χ3v) is 5.49. The van der Waals surface area contributed by atoms with Crippen LogP contribution in [0.5, 0.6) is 5.75 Å². The number of aliphatic imine (C=N–C) groups is 1. The number of nitrogens with one attached hydrogen (secondary N) is 4. The number of β-amino-alcohol motifs (C(OH)–C–C–N with tert-alkyl or cyclic N) is 1. The van der Waals surface area contributed by atoms with Crippen LogP contribution in [-0.4, -0.2) is 64.8 Å². The summed E-state index contributed by atoms with van der Waals surface area (Å²) < 4.78 is 0.622. The van der Waals surface area contributed by atoms with Crippen LogP contribution in [0.4, 0.5) is 5.69 Å². The number of hydrogen-bond donors (Lipinski definition) is 7. The maximum Gasteiger partial charge on any atom is 0.305 e. The second-order valence-corrected chi connectivity index (χ2v) is 9.07. The molecule has 2 amide bonds. The smallest absolute Gasteiger partial charge is 0.305 e. The summed E-state index contributed by atoms with van der Waals surface area (Å²) in [5.74, 6) is -2.17. The number of anilines is 1. The van der Waals surface area contributed by atoms with Gasteiger partial charge in [-0.1, -0.05) is 27.5 Å². The van der Waals surface area contributed by atoms with E-state index in [4.69, 9.17) is 11.6 Å². The van der Waals surface area contributed by atoms with E-state index in [2.05, 4.69) is 42.2 Å². The Labute approximate surface area is 213 Å². The Morgan fingerprint density at radius 3 is 2.63 bits per heavy atom. The Morgan fingerprint density at radius 1 is 1.20 bits per heavy atom. The number of nitrogens with zero attached hydrogens (tertiary/aromatic N) is 1. The molecule has 2 atom stereocenters. The van der Waals surface area contributed by atoms with Crippen LogP contribution >= 0.6 is 27.5 Å². The first-order valence-electron chi connectivity index (χ1n) is 10.4. The molecule has 1 unspecified atom stereocenters. The van der Waals surface area contributed by atoms with E-state index in [1.807, 2.05) is 0 Å². The summed E-state index contributed by atoms with van der Waals surface area (Å²) in [7, 11) is 0. The van der Waals surface area contributed by atoms with Crippen LogP contribution in [-0.2, 0) is 9.59 Å². The molecule has 35 heavy (non-hydrogen) atoms. The minimum absolute atomic E-state index is 0.0811. The summed E-state index contributed by atoms with van der Waals surface area (Å²) in [5.41, 5.74) is 0.940. The summed E-state index contributed by atoms with van der Waals surface area (Å²) in [5, 5.41) is 39.9. The molecule has 11 nitrogen and oxygen atoms in total. The number of phenolic OH excluding ortho intramolecular Hbond substituents is 1. The lowest BCUT2D eigenvalue weighted by Gasteiger charge is -2.20. The highest BCUT2D eigenvalue weighted by Gasteiger charge is 2.20. The van der Waals surface area contributed by atoms with Gasteiger partial charge in [0.25, 0.3) is 5.91 Å². The summed E-state index contributed by atoms with van der Waals surface area (Å²) in [6.07, 6.45) is -0.976. The predicted molar refractivity (Wildman–Crippen MR) is 133 cm³/mol. The number of aliphatic hydroxyl groups is 1. The van der Waals surface area contributed by atoms with Gasteiger partial charge in [0.05, 0.1) is 31.7 Å². The Balaban J connectivity index is 1.63. The number of aromatic hydroxyl groups is 1. The van der Waals surface area contributed by atoms with Gasteiger partial charge in [-0.05, 0) is 35.9 Å². The third kappa shape index (κ3) is 8.12. The maximum absolute atomic E-state index is 12.6. The van der Waals surface area contributed by atoms with Crippen LogP contribution in [0.15, 0.2) is 45.9 Å². The average Bonchev–Trinajstić information content (AvgIpc) is 2.77. The number of carbonyl (C=O) groups is 3. The Bertz CT molecular complexity index is 1140. The summed E-state index contributed by atoms with van der Waals surface area (Å²) in [6.45, 7) is 0.0923. The number of carbonyl (C=O) groups excluding carboxylic acids is 2. The quantitative estimate of drug-likeness (QED) is 0.252. The van der Waals surface area contributed by atoms with E-state index < -0.39 is 36.5 Å². The highest BCUT2D eigenvalue weighted by atomic mass is 79.9. The van der Waals surface area contributed by atoms with Crippen molar-refractivity contribution in [1.82, 2.24) is 16.0 Å². The highest BCUT2D eigenvalue weighted by molar-refractivity contribution is 9.10. The summed E-state index contributed by atoms with van der Waals surface area (Å²) in [6, 6.07) is 8.03. The molecule has 1 heterocycles. The highest BCUT2D eigenvalue weighted by Crippen LogP contribution is 2.26. The van der Waals surface area contributed by atoms with Crippen LogP contribution in [0.25, 0.3) is 0 Å². The van der Waals surface area contributed by atoms with Gasteiger partial charge in [-0.25, -0.2) is 0 Å². The second kappa shape index (κ2) is 11.9. The Hall–Kier alpha value is -3.35. The molecule has 1 aliphatic rings. The van der Waals surface area contributed by atoms with Gasteiger partial charge in [-0.15, -0.1) is 0 Å². The molecular weight excluding hydrogens is 546 g/mol. The van der Waals surface area contributed by atoms with Gasteiger partial charge in [0.1, 0.15) is 5.75 Å². The van der Waals surface area contributed by atoms with Crippen LogP contribution in [0.2, 0.25) is 5.02 Å². The van der Waals surface area contributed by atoms with Crippen molar-refractivity contribution in [3.63, 3.8) is 0 Å². The lowest BCUT2D eigenvalue weighted by Crippen LogP contribution is -2.42. The molecule has 7 N–H and O–H groups in total. The molecule has 1 aliphatic heterocycles. The van der Waals surface area contributed by atoms with E-state index in [1.165, 1.54) is 18.2 Å². The topological polar surface area (TPSA) is 172 Å². The van der Waals surface area contributed by atoms with E-state index in [0.717, 1.165) is 0 Å². The largest absolute Gasteiger partial charge is 0.508 e. The number of hydrogen-bond acceptors (Lipinski definition) is 8. The Kier molecular flexibility index (Phi) is 8.90. The molecule has 0 saturated carbocycles. The van der Waals surface area contributed by atoms with E-state index in [1.54, 1.807) is 18.2 Å². The van der Waals surface area contributed by atoms with Gasteiger partial charge >= 0.3 is 5.97 Å². The SMILES string of the molecule is O=C(O)C[C@H](NC(=O)CNC(=O)c1cc(O)cc(NC2=NCC(O)CN2)c1)c1cc(Cl)cc(Br)c1. The first-order valence-corrected chi connectivity index (χ1v) is 11.6. The van der Waals surface area contributed by atoms with E-state index in [9.17, 15) is 29.7 Å². The monoisotopic (exact) mass is 567 g/mol. The van der Waals surface area contributed by atoms with Crippen LogP contribution in [0, 0.1) is 0 Å². The van der Waals surface area contributed by atoms with Crippen molar-refractivity contribution in [1.29, 1.82) is 0 Å². The number of amides is 2. The molecule has 0 aliphatic carbocycles. The standard InChI is InChI=1S/C22H23BrClN5O6/c23-13-1-11(2-14(24)5-13)18(7-20(33)34)29-19(32)10-25-21(35)12-3-15(6-16(30)4-12)28-22-26-8-17(31)9-27-22/h1-6,17-18,30-31H,7-10H2,(H,25,35)(H,29,32)(H,33,34)(H2,26,27,28)/t18-/m0/s1. The first kappa shape index (κ1) is 26.3. The average molecular weight is 569 g/mol. The van der Waals surface area contributed by atoms with Crippen LogP contribution in [0.1, 0.15) is 28.4 Å². The molecule has 0 aromatic heterocycles. The normalized spacial score (nSPS) is 15.9. The number of benzene rings is 2. The molecule has 2 aromatic carbocycles. The first-order chi connectivity index (χ1) is 16.6. The zero-order chi connectivity index (χ0) is 25.5. The molecule has 0 spiro atoms. The molecular formula is C22H23BrClN5O6. The molecule has 0 saturated heterocycles. The number of rotatable bonds is 8. The van der Waals surface area contributed by atoms with E-state index >= 15 is 0 Å². The van der Waals surface area contributed by atoms with Gasteiger partial charge in [0.2, 0.25) is 5.91 Å². The fourth-order valence-corrected chi connectivity index (χ4v) is 4.16. The lowest BCUT2D eigenvalue weighted by molar-refractivity contribution is -0.137. The molecule has 0 fully saturated rings. The molecule has 3 rings (SSSR count). The fourth-order valence-electron chi connectivity index (χ4n) is 3.28. The minimum atomic E-state index is -1.12. The summed E-state index contributed by atoms with van der Waals surface area (Å²) >= 11 is 9.32. The number of phenols is 1. The zero-order valence-corrected chi connectivity index (χ0v) is 20.6. The lowest BCUT2D eigenvalue weighted by atomic mass is 10.0. The van der Waals surface area contributed by atoms with Gasteiger partial charge in [0, 0.05) is 33.4 Å². The molecule has 0 radical (unpaired) electrons. The van der Waals surface area contributed by atoms with Crippen molar-refractivity contribution in [3.8, 4) is 5.75 Å². The number of carboxylic acid groups (broad SMARTS) is 1. The van der Waals surface area contributed by atoms with E-state index in [0.29, 0.717) is 33.3 Å². The van der Waals surface area contributed by atoms with Crippen LogP contribution in [0.3, 0.4) is 0 Å². The second-order valence-electron chi connectivity index (χ2n) is 7.72. The minimum Gasteiger partial charge on any atom is -0.508 e. The molecule has 13 heteroatoms. The van der Waals surface area contributed by atoms with Crippen LogP contribution < -0.4 is 21.3 Å². The maximum atomic E-state index is 12.6. The van der Waals surface area contributed by atoms with Gasteiger partial charge in [0.15, 0.2) is 5.96 Å². The molecule has 0 bridgehead atoms. The summed E-state index contributed by atoms with van der Waals surface area (Å²) in [4.78, 5) is 40.4. The zero-order valence-electron chi connectivity index (χ0n) is 18.2. The number of guanidine groups is 1. The Morgan fingerprint density at radius 2 is 1.97 bits per heavy atom. The van der Waals surface area contributed by atoms with Crippen molar-refractivity contribution >= 4 is 57.0 Å². The fraction of sp³-hybridized carbons (Fsp3) is 0.273. The van der Waals surface area contributed by atoms with E-state index in [-0.39, 0.29) is 24.3 Å². The number of aliphatic carboxylic acids is 1. The van der Waals surface area contributed by atoms with Gasteiger partial charge in [-0.3, -0.25) is 19.4 Å². The van der Waals surface area contributed by atoms with Gasteiger partial charge < -0.3 is 36.6 Å². The van der Waals surface area contributed by atoms with Gasteiger partial charge in [-0.2, -0.15) is 0 Å².